The number of nitrogens with one attached hydrogen (secondary N) is 2. The zero-order valence-corrected chi connectivity index (χ0v) is 17.1. The maximum Gasteiger partial charge on any atom is 0.272 e. The molecule has 2 aromatic carbocycles. The van der Waals surface area contributed by atoms with Crippen LogP contribution in [0.4, 0.5) is 11.4 Å². The number of nitro benzene ring substituents is 1. The Balaban J connectivity index is 1.93. The SMILES string of the molecule is CC(=O)c1cccc(NC(=O)/C(=C/c2cccc([N+](=O)[O-])c2)NC(=O)c2cccs2)c1. The lowest BCUT2D eigenvalue weighted by atomic mass is 10.1. The van der Waals surface area contributed by atoms with Crippen molar-refractivity contribution in [2.24, 2.45) is 0 Å². The first kappa shape index (κ1) is 21.6. The minimum atomic E-state index is -0.642. The number of Topliss-reactive ketones (excluding diaryl/α,β-unsaturated/α-hetero) is 1. The van der Waals surface area contributed by atoms with Gasteiger partial charge in [-0.25, -0.2) is 0 Å². The summed E-state index contributed by atoms with van der Waals surface area (Å²) in [6.07, 6.45) is 1.35. The van der Waals surface area contributed by atoms with Crippen molar-refractivity contribution in [2.45, 2.75) is 6.92 Å². The lowest BCUT2D eigenvalue weighted by Gasteiger charge is -2.11. The minimum Gasteiger partial charge on any atom is -0.321 e. The molecule has 1 aromatic heterocycles. The average molecular weight is 435 g/mol. The van der Waals surface area contributed by atoms with Crippen LogP contribution in [-0.4, -0.2) is 22.5 Å². The van der Waals surface area contributed by atoms with Gasteiger partial charge in [-0.05, 0) is 42.1 Å². The second kappa shape index (κ2) is 9.59. The Hall–Kier alpha value is -4.11. The fourth-order valence-corrected chi connectivity index (χ4v) is 3.28. The monoisotopic (exact) mass is 435 g/mol. The van der Waals surface area contributed by atoms with Crippen molar-refractivity contribution in [3.8, 4) is 0 Å². The maximum absolute atomic E-state index is 12.9. The summed E-state index contributed by atoms with van der Waals surface area (Å²) in [5.41, 5.74) is 0.903. The third kappa shape index (κ3) is 5.71. The van der Waals surface area contributed by atoms with E-state index in [4.69, 9.17) is 0 Å². The molecular weight excluding hydrogens is 418 g/mol. The Labute approximate surface area is 181 Å². The van der Waals surface area contributed by atoms with E-state index in [2.05, 4.69) is 10.6 Å². The molecule has 8 nitrogen and oxygen atoms in total. The van der Waals surface area contributed by atoms with Gasteiger partial charge in [0.2, 0.25) is 0 Å². The van der Waals surface area contributed by atoms with Crippen LogP contribution in [0.3, 0.4) is 0 Å². The molecule has 156 valence electrons. The zero-order valence-electron chi connectivity index (χ0n) is 16.3. The Morgan fingerprint density at radius 1 is 1.03 bits per heavy atom. The van der Waals surface area contributed by atoms with Crippen molar-refractivity contribution in [1.29, 1.82) is 0 Å². The molecule has 31 heavy (non-hydrogen) atoms. The van der Waals surface area contributed by atoms with Gasteiger partial charge in [-0.2, -0.15) is 0 Å². The summed E-state index contributed by atoms with van der Waals surface area (Å²) in [5, 5.41) is 18.0. The molecule has 0 bridgehead atoms. The normalized spacial score (nSPS) is 10.9. The van der Waals surface area contributed by atoms with Crippen molar-refractivity contribution >= 4 is 46.4 Å². The highest BCUT2D eigenvalue weighted by molar-refractivity contribution is 7.12. The van der Waals surface area contributed by atoms with Gasteiger partial charge in [0, 0.05) is 23.4 Å². The number of anilines is 1. The van der Waals surface area contributed by atoms with Crippen molar-refractivity contribution in [1.82, 2.24) is 5.32 Å². The number of carbonyl (C=O) groups excluding carboxylic acids is 3. The van der Waals surface area contributed by atoms with Crippen molar-refractivity contribution in [3.05, 3.63) is 97.9 Å². The number of thiophene rings is 1. The highest BCUT2D eigenvalue weighted by Gasteiger charge is 2.17. The molecular formula is C22H17N3O5S. The molecule has 3 rings (SSSR count). The fourth-order valence-electron chi connectivity index (χ4n) is 2.66. The van der Waals surface area contributed by atoms with Gasteiger partial charge in [0.25, 0.3) is 17.5 Å². The highest BCUT2D eigenvalue weighted by Crippen LogP contribution is 2.18. The van der Waals surface area contributed by atoms with E-state index in [-0.39, 0.29) is 17.2 Å². The summed E-state index contributed by atoms with van der Waals surface area (Å²) < 4.78 is 0. The number of ketones is 1. The van der Waals surface area contributed by atoms with Crippen LogP contribution < -0.4 is 10.6 Å². The lowest BCUT2D eigenvalue weighted by molar-refractivity contribution is -0.384. The molecule has 0 aliphatic rings. The second-order valence-corrected chi connectivity index (χ2v) is 7.38. The maximum atomic E-state index is 12.9. The number of hydrogen-bond donors (Lipinski definition) is 2. The van der Waals surface area contributed by atoms with Gasteiger partial charge < -0.3 is 10.6 Å². The number of nitrogens with zero attached hydrogens (tertiary/aromatic N) is 1. The standard InChI is InChI=1S/C22H17N3O5S/c1-14(26)16-6-3-7-17(13-16)23-21(27)19(24-22(28)20-9-4-10-31-20)12-15-5-2-8-18(11-15)25(29)30/h2-13H,1H3,(H,23,27)(H,24,28)/b19-12-. The Morgan fingerprint density at radius 3 is 2.48 bits per heavy atom. The van der Waals surface area contributed by atoms with Crippen LogP contribution in [0.25, 0.3) is 6.08 Å². The van der Waals surface area contributed by atoms with Gasteiger partial charge in [0.15, 0.2) is 5.78 Å². The largest absolute Gasteiger partial charge is 0.321 e. The summed E-state index contributed by atoms with van der Waals surface area (Å²) in [4.78, 5) is 47.9. The van der Waals surface area contributed by atoms with Gasteiger partial charge in [-0.15, -0.1) is 11.3 Å². The van der Waals surface area contributed by atoms with Crippen LogP contribution in [0.15, 0.2) is 71.7 Å². The summed E-state index contributed by atoms with van der Waals surface area (Å²) in [7, 11) is 0. The van der Waals surface area contributed by atoms with Crippen LogP contribution in [0.1, 0.15) is 32.5 Å². The fraction of sp³-hybridized carbons (Fsp3) is 0.0455. The number of rotatable bonds is 7. The molecule has 0 aliphatic carbocycles. The summed E-state index contributed by atoms with van der Waals surface area (Å²) >= 11 is 1.21. The molecule has 0 atom stereocenters. The Kier molecular flexibility index (Phi) is 6.68. The van der Waals surface area contributed by atoms with E-state index in [9.17, 15) is 24.5 Å². The topological polar surface area (TPSA) is 118 Å². The number of carbonyl (C=O) groups is 3. The number of hydrogen-bond acceptors (Lipinski definition) is 6. The van der Waals surface area contributed by atoms with Crippen molar-refractivity contribution < 1.29 is 19.3 Å². The predicted octanol–water partition coefficient (Wildman–Crippen LogP) is 4.27. The van der Waals surface area contributed by atoms with Crippen LogP contribution in [0.5, 0.6) is 0 Å². The zero-order chi connectivity index (χ0) is 22.4. The molecule has 0 unspecified atom stereocenters. The van der Waals surface area contributed by atoms with Crippen LogP contribution >= 0.6 is 11.3 Å². The third-order valence-corrected chi connectivity index (χ3v) is 5.03. The third-order valence-electron chi connectivity index (χ3n) is 4.16. The van der Waals surface area contributed by atoms with Gasteiger partial charge in [0.05, 0.1) is 9.80 Å². The molecule has 1 heterocycles. The quantitative estimate of drug-likeness (QED) is 0.249. The number of amides is 2. The van der Waals surface area contributed by atoms with E-state index < -0.39 is 16.7 Å². The van der Waals surface area contributed by atoms with E-state index in [0.29, 0.717) is 21.7 Å². The summed E-state index contributed by atoms with van der Waals surface area (Å²) in [6.45, 7) is 1.41. The minimum absolute atomic E-state index is 0.105. The molecule has 3 aromatic rings. The number of nitro groups is 1. The summed E-state index contributed by atoms with van der Waals surface area (Å²) in [6, 6.07) is 15.4. The van der Waals surface area contributed by atoms with E-state index in [1.807, 2.05) is 0 Å². The van der Waals surface area contributed by atoms with Crippen LogP contribution in [0.2, 0.25) is 0 Å². The van der Waals surface area contributed by atoms with Crippen LogP contribution in [-0.2, 0) is 4.79 Å². The molecule has 9 heteroatoms. The molecule has 0 aliphatic heterocycles. The average Bonchev–Trinajstić information content (AvgIpc) is 3.28. The van der Waals surface area contributed by atoms with Gasteiger partial charge in [-0.1, -0.05) is 30.3 Å². The lowest BCUT2D eigenvalue weighted by Crippen LogP contribution is -2.30. The first-order valence-electron chi connectivity index (χ1n) is 9.07. The molecule has 0 fully saturated rings. The predicted molar refractivity (Wildman–Crippen MR) is 118 cm³/mol. The molecule has 0 radical (unpaired) electrons. The number of non-ortho nitro benzene ring substituents is 1. The Morgan fingerprint density at radius 2 is 1.81 bits per heavy atom. The molecule has 0 spiro atoms. The van der Waals surface area contributed by atoms with Crippen LogP contribution in [0, 0.1) is 10.1 Å². The van der Waals surface area contributed by atoms with Gasteiger partial charge in [0.1, 0.15) is 5.70 Å². The van der Waals surface area contributed by atoms with E-state index in [0.717, 1.165) is 0 Å². The first-order valence-corrected chi connectivity index (χ1v) is 9.95. The van der Waals surface area contributed by atoms with Crippen molar-refractivity contribution in [3.63, 3.8) is 0 Å². The molecule has 2 N–H and O–H groups in total. The molecule has 0 saturated carbocycles. The number of benzene rings is 2. The highest BCUT2D eigenvalue weighted by atomic mass is 32.1. The smallest absolute Gasteiger partial charge is 0.272 e. The van der Waals surface area contributed by atoms with Crippen molar-refractivity contribution in [2.75, 3.05) is 5.32 Å². The Bertz CT molecular complexity index is 1190. The summed E-state index contributed by atoms with van der Waals surface area (Å²) in [5.74, 6) is -1.29. The molecule has 2 amide bonds. The van der Waals surface area contributed by atoms with E-state index in [1.54, 1.807) is 41.8 Å². The van der Waals surface area contributed by atoms with Gasteiger partial charge in [-0.3, -0.25) is 24.5 Å². The van der Waals surface area contributed by atoms with Gasteiger partial charge >= 0.3 is 0 Å². The first-order chi connectivity index (χ1) is 14.8. The second-order valence-electron chi connectivity index (χ2n) is 6.43. The molecule has 0 saturated heterocycles. The van der Waals surface area contributed by atoms with E-state index in [1.165, 1.54) is 48.6 Å². The van der Waals surface area contributed by atoms with E-state index >= 15 is 0 Å².